The zero-order valence-corrected chi connectivity index (χ0v) is 14.5. The zero-order valence-electron chi connectivity index (χ0n) is 13.7. The number of hydrogen-bond donors (Lipinski definition) is 0. The molecule has 25 heavy (non-hydrogen) atoms. The monoisotopic (exact) mass is 348 g/mol. The van der Waals surface area contributed by atoms with Crippen LogP contribution in [0.1, 0.15) is 5.56 Å². The number of benzene rings is 2. The molecule has 0 saturated heterocycles. The molecule has 0 saturated carbocycles. The van der Waals surface area contributed by atoms with E-state index in [9.17, 15) is 0 Å². The second-order valence-corrected chi connectivity index (χ2v) is 6.41. The van der Waals surface area contributed by atoms with E-state index < -0.39 is 0 Å². The van der Waals surface area contributed by atoms with Crippen LogP contribution in [0.3, 0.4) is 0 Å². The Balaban J connectivity index is 1.63. The molecule has 0 aliphatic carbocycles. The minimum Gasteiger partial charge on any atom is -0.497 e. The lowest BCUT2D eigenvalue weighted by Crippen LogP contribution is -1.97. The highest BCUT2D eigenvalue weighted by Gasteiger charge is 2.11. The third-order valence-corrected chi connectivity index (χ3v) is 4.92. The molecule has 0 N–H and O–H groups in total. The first-order chi connectivity index (χ1) is 12.3. The van der Waals surface area contributed by atoms with Crippen LogP contribution in [0.4, 0.5) is 0 Å². The van der Waals surface area contributed by atoms with Gasteiger partial charge >= 0.3 is 0 Å². The maximum Gasteiger partial charge on any atom is 0.167 e. The van der Waals surface area contributed by atoms with Crippen LogP contribution in [-0.4, -0.2) is 26.9 Å². The number of thioether (sulfide) groups is 1. The minimum absolute atomic E-state index is 0.805. The molecule has 5 nitrogen and oxygen atoms in total. The summed E-state index contributed by atoms with van der Waals surface area (Å²) in [6, 6.07) is 18.1. The Kier molecular flexibility index (Phi) is 4.35. The van der Waals surface area contributed by atoms with Gasteiger partial charge in [-0.1, -0.05) is 30.3 Å². The molecular weight excluding hydrogens is 332 g/mol. The Morgan fingerprint density at radius 2 is 1.92 bits per heavy atom. The molecule has 0 radical (unpaired) electrons. The standard InChI is InChI=1S/C19H16N4OS/c1-24-16-9-5-6-14(10-16)12-25-19-17-11-22-23(18(17)20-13-21-19)15-7-3-2-4-8-15/h2-11,13H,12H2,1H3. The lowest BCUT2D eigenvalue weighted by Gasteiger charge is -2.05. The van der Waals surface area contributed by atoms with E-state index in [-0.39, 0.29) is 0 Å². The first-order valence-electron chi connectivity index (χ1n) is 7.85. The van der Waals surface area contributed by atoms with Crippen LogP contribution in [0.2, 0.25) is 0 Å². The van der Waals surface area contributed by atoms with Gasteiger partial charge in [0.1, 0.15) is 17.1 Å². The maximum absolute atomic E-state index is 5.28. The first kappa shape index (κ1) is 15.7. The van der Waals surface area contributed by atoms with Crippen LogP contribution >= 0.6 is 11.8 Å². The number of methoxy groups -OCH3 is 1. The third kappa shape index (κ3) is 3.21. The number of para-hydroxylation sites is 1. The smallest absolute Gasteiger partial charge is 0.167 e. The van der Waals surface area contributed by atoms with Crippen molar-refractivity contribution >= 4 is 22.8 Å². The fraction of sp³-hybridized carbons (Fsp3) is 0.105. The number of ether oxygens (including phenoxy) is 1. The van der Waals surface area contributed by atoms with E-state index in [1.54, 1.807) is 25.2 Å². The van der Waals surface area contributed by atoms with E-state index in [0.29, 0.717) is 0 Å². The molecular formula is C19H16N4OS. The highest BCUT2D eigenvalue weighted by Crippen LogP contribution is 2.29. The van der Waals surface area contributed by atoms with E-state index in [1.165, 1.54) is 5.56 Å². The number of aromatic nitrogens is 4. The summed E-state index contributed by atoms with van der Waals surface area (Å²) in [6.07, 6.45) is 3.42. The molecule has 0 aliphatic heterocycles. The van der Waals surface area contributed by atoms with E-state index in [2.05, 4.69) is 21.1 Å². The number of rotatable bonds is 5. The maximum atomic E-state index is 5.28. The SMILES string of the molecule is COc1cccc(CSc2ncnc3c2cnn3-c2ccccc2)c1. The normalized spacial score (nSPS) is 10.9. The summed E-state index contributed by atoms with van der Waals surface area (Å²) >= 11 is 1.67. The topological polar surface area (TPSA) is 52.8 Å². The molecule has 0 atom stereocenters. The molecule has 0 spiro atoms. The molecule has 2 aromatic carbocycles. The highest BCUT2D eigenvalue weighted by molar-refractivity contribution is 7.98. The Hall–Kier alpha value is -2.86. The van der Waals surface area contributed by atoms with Crippen molar-refractivity contribution in [1.82, 2.24) is 19.7 Å². The summed E-state index contributed by atoms with van der Waals surface area (Å²) in [6.45, 7) is 0. The van der Waals surface area contributed by atoms with Crippen molar-refractivity contribution in [3.05, 3.63) is 72.7 Å². The molecule has 2 heterocycles. The van der Waals surface area contributed by atoms with E-state index >= 15 is 0 Å². The summed E-state index contributed by atoms with van der Waals surface area (Å²) in [5.74, 6) is 1.67. The molecule has 0 fully saturated rings. The second-order valence-electron chi connectivity index (χ2n) is 5.45. The van der Waals surface area contributed by atoms with Gasteiger partial charge in [-0.25, -0.2) is 14.6 Å². The fourth-order valence-electron chi connectivity index (χ4n) is 2.61. The lowest BCUT2D eigenvalue weighted by molar-refractivity contribution is 0.414. The van der Waals surface area contributed by atoms with Crippen molar-refractivity contribution in [2.75, 3.05) is 7.11 Å². The predicted molar refractivity (Wildman–Crippen MR) is 99.2 cm³/mol. The van der Waals surface area contributed by atoms with E-state index in [4.69, 9.17) is 4.74 Å². The molecule has 4 aromatic rings. The van der Waals surface area contributed by atoms with Gasteiger partial charge in [0, 0.05) is 5.75 Å². The molecule has 6 heteroatoms. The van der Waals surface area contributed by atoms with Gasteiger partial charge in [-0.3, -0.25) is 0 Å². The Bertz CT molecular complexity index is 1000. The van der Waals surface area contributed by atoms with Gasteiger partial charge in [-0.05, 0) is 29.8 Å². The van der Waals surface area contributed by atoms with Gasteiger partial charge in [0.15, 0.2) is 5.65 Å². The lowest BCUT2D eigenvalue weighted by atomic mass is 10.2. The average molecular weight is 348 g/mol. The van der Waals surface area contributed by atoms with Crippen molar-refractivity contribution < 1.29 is 4.74 Å². The number of fused-ring (bicyclic) bond motifs is 1. The predicted octanol–water partition coefficient (Wildman–Crippen LogP) is 4.12. The quantitative estimate of drug-likeness (QED) is 0.401. The molecule has 0 unspecified atom stereocenters. The molecule has 0 bridgehead atoms. The largest absolute Gasteiger partial charge is 0.497 e. The van der Waals surface area contributed by atoms with E-state index in [0.717, 1.165) is 33.2 Å². The summed E-state index contributed by atoms with van der Waals surface area (Å²) < 4.78 is 7.12. The van der Waals surface area contributed by atoms with Gasteiger partial charge in [0.05, 0.1) is 24.4 Å². The highest BCUT2D eigenvalue weighted by atomic mass is 32.2. The molecule has 0 amide bonds. The molecule has 4 rings (SSSR count). The fourth-order valence-corrected chi connectivity index (χ4v) is 3.51. The third-order valence-electron chi connectivity index (χ3n) is 3.84. The van der Waals surface area contributed by atoms with E-state index in [1.807, 2.05) is 59.4 Å². The number of nitrogens with zero attached hydrogens (tertiary/aromatic N) is 4. The van der Waals surface area contributed by atoms with Crippen molar-refractivity contribution in [1.29, 1.82) is 0 Å². The first-order valence-corrected chi connectivity index (χ1v) is 8.83. The second kappa shape index (κ2) is 6.94. The number of hydrogen-bond acceptors (Lipinski definition) is 5. The van der Waals surface area contributed by atoms with Crippen LogP contribution in [0.15, 0.2) is 72.1 Å². The van der Waals surface area contributed by atoms with Gasteiger partial charge in [0.2, 0.25) is 0 Å². The van der Waals surface area contributed by atoms with Crippen molar-refractivity contribution in [2.45, 2.75) is 10.8 Å². The summed E-state index contributed by atoms with van der Waals surface area (Å²) in [4.78, 5) is 8.86. The van der Waals surface area contributed by atoms with Crippen molar-refractivity contribution in [3.63, 3.8) is 0 Å². The van der Waals surface area contributed by atoms with Crippen molar-refractivity contribution in [2.24, 2.45) is 0 Å². The van der Waals surface area contributed by atoms with Gasteiger partial charge in [-0.2, -0.15) is 5.10 Å². The van der Waals surface area contributed by atoms with Gasteiger partial charge in [-0.15, -0.1) is 11.8 Å². The van der Waals surface area contributed by atoms with Crippen molar-refractivity contribution in [3.8, 4) is 11.4 Å². The van der Waals surface area contributed by atoms with Gasteiger partial charge < -0.3 is 4.74 Å². The van der Waals surface area contributed by atoms with Crippen LogP contribution in [0, 0.1) is 0 Å². The zero-order chi connectivity index (χ0) is 17.1. The van der Waals surface area contributed by atoms with Crippen LogP contribution in [-0.2, 0) is 5.75 Å². The average Bonchev–Trinajstić information content (AvgIpc) is 3.12. The summed E-state index contributed by atoms with van der Waals surface area (Å²) in [5.41, 5.74) is 2.99. The van der Waals surface area contributed by atoms with Crippen LogP contribution in [0.25, 0.3) is 16.7 Å². The molecule has 124 valence electrons. The molecule has 0 aliphatic rings. The Morgan fingerprint density at radius 1 is 1.04 bits per heavy atom. The molecule has 2 aromatic heterocycles. The Labute approximate surface area is 149 Å². The van der Waals surface area contributed by atoms with Gasteiger partial charge in [0.25, 0.3) is 0 Å². The summed E-state index contributed by atoms with van der Waals surface area (Å²) in [7, 11) is 1.68. The minimum atomic E-state index is 0.805. The van der Waals surface area contributed by atoms with Crippen LogP contribution < -0.4 is 4.74 Å². The van der Waals surface area contributed by atoms with Crippen LogP contribution in [0.5, 0.6) is 5.75 Å². The summed E-state index contributed by atoms with van der Waals surface area (Å²) in [5, 5.41) is 6.37. The Morgan fingerprint density at radius 3 is 2.76 bits per heavy atom.